The zero-order valence-electron chi connectivity index (χ0n) is 8.47. The molecule has 0 aromatic heterocycles. The Morgan fingerprint density at radius 3 is 2.46 bits per heavy atom. The van der Waals surface area contributed by atoms with Gasteiger partial charge in [0.2, 0.25) is 0 Å². The van der Waals surface area contributed by atoms with Gasteiger partial charge in [-0.05, 0) is 19.1 Å². The Kier molecular flexibility index (Phi) is 4.10. The topological polar surface area (TPSA) is 26.3 Å². The van der Waals surface area contributed by atoms with Gasteiger partial charge in [0, 0.05) is 11.7 Å². The van der Waals surface area contributed by atoms with Crippen molar-refractivity contribution < 1.29 is 9.53 Å². The van der Waals surface area contributed by atoms with Gasteiger partial charge in [-0.15, -0.1) is 0 Å². The van der Waals surface area contributed by atoms with Crippen molar-refractivity contribution in [2.45, 2.75) is 43.8 Å². The van der Waals surface area contributed by atoms with E-state index in [-0.39, 0.29) is 10.7 Å². The molecule has 0 unspecified atom stereocenters. The molecule has 0 heterocycles. The first-order chi connectivity index (χ1) is 6.18. The molecule has 2 nitrogen and oxygen atoms in total. The zero-order valence-corrected chi connectivity index (χ0v) is 9.28. The SMILES string of the molecule is CSC1(COC(C)=O)CCCCC1. The molecule has 1 aliphatic rings. The Bertz CT molecular complexity index is 174. The number of carbonyl (C=O) groups is 1. The van der Waals surface area contributed by atoms with Crippen molar-refractivity contribution in [1.29, 1.82) is 0 Å². The minimum Gasteiger partial charge on any atom is -0.464 e. The fraction of sp³-hybridized carbons (Fsp3) is 0.900. The highest BCUT2D eigenvalue weighted by atomic mass is 32.2. The molecule has 1 rings (SSSR count). The van der Waals surface area contributed by atoms with Gasteiger partial charge in [0.1, 0.15) is 6.61 Å². The van der Waals surface area contributed by atoms with Crippen LogP contribution in [0.4, 0.5) is 0 Å². The molecular formula is C10H18O2S. The summed E-state index contributed by atoms with van der Waals surface area (Å²) in [6.45, 7) is 2.08. The molecule has 13 heavy (non-hydrogen) atoms. The summed E-state index contributed by atoms with van der Waals surface area (Å²) < 4.78 is 5.34. The average molecular weight is 202 g/mol. The Labute approximate surface area is 84.4 Å². The molecule has 0 aromatic rings. The summed E-state index contributed by atoms with van der Waals surface area (Å²) in [5, 5.41) is 0. The van der Waals surface area contributed by atoms with Gasteiger partial charge in [0.25, 0.3) is 0 Å². The molecule has 76 valence electrons. The van der Waals surface area contributed by atoms with Gasteiger partial charge in [-0.2, -0.15) is 11.8 Å². The molecule has 1 saturated carbocycles. The molecule has 0 bridgehead atoms. The monoisotopic (exact) mass is 202 g/mol. The Balaban J connectivity index is 2.42. The van der Waals surface area contributed by atoms with Crippen LogP contribution < -0.4 is 0 Å². The van der Waals surface area contributed by atoms with E-state index in [1.54, 1.807) is 0 Å². The number of thioether (sulfide) groups is 1. The van der Waals surface area contributed by atoms with Gasteiger partial charge in [-0.3, -0.25) is 4.79 Å². The molecule has 0 N–H and O–H groups in total. The lowest BCUT2D eigenvalue weighted by Gasteiger charge is -2.34. The van der Waals surface area contributed by atoms with E-state index in [0.29, 0.717) is 6.61 Å². The fourth-order valence-electron chi connectivity index (χ4n) is 1.84. The summed E-state index contributed by atoms with van der Waals surface area (Å²) in [6.07, 6.45) is 8.41. The predicted octanol–water partition coefficient (Wildman–Crippen LogP) is 2.62. The van der Waals surface area contributed by atoms with Crippen LogP contribution >= 0.6 is 11.8 Å². The van der Waals surface area contributed by atoms with E-state index in [4.69, 9.17) is 4.74 Å². The van der Waals surface area contributed by atoms with Crippen LogP contribution in [-0.4, -0.2) is 23.6 Å². The highest BCUT2D eigenvalue weighted by molar-refractivity contribution is 8.00. The van der Waals surface area contributed by atoms with E-state index < -0.39 is 0 Å². The molecule has 0 aliphatic heterocycles. The maximum absolute atomic E-state index is 10.7. The summed E-state index contributed by atoms with van der Waals surface area (Å²) in [7, 11) is 0. The van der Waals surface area contributed by atoms with E-state index >= 15 is 0 Å². The maximum Gasteiger partial charge on any atom is 0.302 e. The standard InChI is InChI=1S/C10H18O2S/c1-9(11)12-8-10(13-2)6-4-3-5-7-10/h3-8H2,1-2H3. The minimum atomic E-state index is -0.154. The summed E-state index contributed by atoms with van der Waals surface area (Å²) in [4.78, 5) is 10.7. The van der Waals surface area contributed by atoms with Gasteiger partial charge in [0.15, 0.2) is 0 Å². The van der Waals surface area contributed by atoms with E-state index in [0.717, 1.165) is 0 Å². The minimum absolute atomic E-state index is 0.154. The second-order valence-electron chi connectivity index (χ2n) is 3.73. The number of hydrogen-bond donors (Lipinski definition) is 0. The average Bonchev–Trinajstić information content (AvgIpc) is 2.16. The third-order valence-electron chi connectivity index (χ3n) is 2.74. The number of hydrogen-bond acceptors (Lipinski definition) is 3. The molecular weight excluding hydrogens is 184 g/mol. The number of esters is 1. The lowest BCUT2D eigenvalue weighted by molar-refractivity contribution is -0.142. The van der Waals surface area contributed by atoms with Gasteiger partial charge < -0.3 is 4.74 Å². The Hall–Kier alpha value is -0.180. The van der Waals surface area contributed by atoms with Crippen LogP contribution in [-0.2, 0) is 9.53 Å². The van der Waals surface area contributed by atoms with E-state index in [1.165, 1.54) is 39.0 Å². The van der Waals surface area contributed by atoms with Crippen LogP contribution in [0.1, 0.15) is 39.0 Å². The van der Waals surface area contributed by atoms with E-state index in [9.17, 15) is 4.79 Å². The van der Waals surface area contributed by atoms with Crippen LogP contribution in [0.25, 0.3) is 0 Å². The quantitative estimate of drug-likeness (QED) is 0.658. The molecule has 0 amide bonds. The highest BCUT2D eigenvalue weighted by Crippen LogP contribution is 2.38. The van der Waals surface area contributed by atoms with Gasteiger partial charge in [0.05, 0.1) is 0 Å². The van der Waals surface area contributed by atoms with Crippen molar-refractivity contribution in [3.8, 4) is 0 Å². The van der Waals surface area contributed by atoms with E-state index in [2.05, 4.69) is 6.26 Å². The maximum atomic E-state index is 10.7. The molecule has 0 spiro atoms. The third-order valence-corrected chi connectivity index (χ3v) is 4.13. The molecule has 0 atom stereocenters. The molecule has 0 radical (unpaired) electrons. The van der Waals surface area contributed by atoms with Crippen molar-refractivity contribution >= 4 is 17.7 Å². The lowest BCUT2D eigenvalue weighted by atomic mass is 9.89. The molecule has 1 aliphatic carbocycles. The number of ether oxygens (including phenoxy) is 1. The number of rotatable bonds is 3. The second kappa shape index (κ2) is 4.89. The van der Waals surface area contributed by atoms with E-state index in [1.807, 2.05) is 11.8 Å². The van der Waals surface area contributed by atoms with Gasteiger partial charge in [-0.1, -0.05) is 19.3 Å². The summed E-state index contributed by atoms with van der Waals surface area (Å²) >= 11 is 1.86. The normalized spacial score (nSPS) is 21.1. The molecule has 1 fully saturated rings. The summed E-state index contributed by atoms with van der Waals surface area (Å²) in [6, 6.07) is 0. The first-order valence-corrected chi connectivity index (χ1v) is 6.09. The van der Waals surface area contributed by atoms with Crippen LogP contribution in [0.15, 0.2) is 0 Å². The molecule has 0 aromatic carbocycles. The van der Waals surface area contributed by atoms with Crippen LogP contribution in [0.2, 0.25) is 0 Å². The first-order valence-electron chi connectivity index (χ1n) is 4.87. The Morgan fingerprint density at radius 2 is 2.00 bits per heavy atom. The van der Waals surface area contributed by atoms with Crippen LogP contribution in [0.3, 0.4) is 0 Å². The first kappa shape index (κ1) is 10.9. The smallest absolute Gasteiger partial charge is 0.302 e. The predicted molar refractivity (Wildman–Crippen MR) is 56.0 cm³/mol. The summed E-state index contributed by atoms with van der Waals surface area (Å²) in [5.74, 6) is -0.154. The van der Waals surface area contributed by atoms with Crippen molar-refractivity contribution in [1.82, 2.24) is 0 Å². The molecule has 3 heteroatoms. The zero-order chi connectivity index (χ0) is 9.73. The number of carbonyl (C=O) groups excluding carboxylic acids is 1. The van der Waals surface area contributed by atoms with Gasteiger partial charge >= 0.3 is 5.97 Å². The van der Waals surface area contributed by atoms with Crippen molar-refractivity contribution in [3.05, 3.63) is 0 Å². The van der Waals surface area contributed by atoms with Crippen LogP contribution in [0.5, 0.6) is 0 Å². The van der Waals surface area contributed by atoms with Crippen LogP contribution in [0, 0.1) is 0 Å². The van der Waals surface area contributed by atoms with Crippen molar-refractivity contribution in [3.63, 3.8) is 0 Å². The van der Waals surface area contributed by atoms with Crippen molar-refractivity contribution in [2.24, 2.45) is 0 Å². The largest absolute Gasteiger partial charge is 0.464 e. The molecule has 0 saturated heterocycles. The third kappa shape index (κ3) is 3.22. The van der Waals surface area contributed by atoms with Crippen molar-refractivity contribution in [2.75, 3.05) is 12.9 Å². The fourth-order valence-corrected chi connectivity index (χ4v) is 2.71. The van der Waals surface area contributed by atoms with Gasteiger partial charge in [-0.25, -0.2) is 0 Å². The second-order valence-corrected chi connectivity index (χ2v) is 5.00. The summed E-state index contributed by atoms with van der Waals surface area (Å²) in [5.41, 5.74) is 0. The highest BCUT2D eigenvalue weighted by Gasteiger charge is 2.32. The Morgan fingerprint density at radius 1 is 1.38 bits per heavy atom. The lowest BCUT2D eigenvalue weighted by Crippen LogP contribution is -2.33.